The predicted molar refractivity (Wildman–Crippen MR) is 113 cm³/mol. The fourth-order valence-corrected chi connectivity index (χ4v) is 4.09. The van der Waals surface area contributed by atoms with Gasteiger partial charge in [0.25, 0.3) is 0 Å². The van der Waals surface area contributed by atoms with Gasteiger partial charge in [-0.25, -0.2) is 18.4 Å². The molecule has 0 radical (unpaired) electrons. The van der Waals surface area contributed by atoms with Gasteiger partial charge in [-0.05, 0) is 19.1 Å². The van der Waals surface area contributed by atoms with Crippen molar-refractivity contribution in [3.63, 3.8) is 0 Å². The number of halogens is 1. The molecule has 0 bridgehead atoms. The summed E-state index contributed by atoms with van der Waals surface area (Å²) in [6.45, 7) is 4.03. The van der Waals surface area contributed by atoms with Crippen LogP contribution < -0.4 is 4.72 Å². The summed E-state index contributed by atoms with van der Waals surface area (Å²) >= 11 is 5.82. The molecular formula is C18H22ClN7O3S. The van der Waals surface area contributed by atoms with E-state index in [0.29, 0.717) is 35.4 Å². The molecule has 3 aromatic rings. The van der Waals surface area contributed by atoms with Crippen LogP contribution in [0.5, 0.6) is 0 Å². The van der Waals surface area contributed by atoms with E-state index in [1.807, 2.05) is 6.07 Å². The normalized spacial score (nSPS) is 13.7. The number of aromatic nitrogens is 6. The van der Waals surface area contributed by atoms with E-state index in [1.54, 1.807) is 44.0 Å². The summed E-state index contributed by atoms with van der Waals surface area (Å²) in [6, 6.07) is 3.59. The standard InChI is InChI=1S/C18H22ClN7O3S/c1-12(16-21-10-15(19)11-22-16)13(2)30(27,28)25-18-24-23-17(26(18)7-8-29-3)14-5-4-6-20-9-14/h4-6,9-13H,7-8H2,1-3H3,(H,24,25)/t12-,13-/m1/s1. The zero-order valence-corrected chi connectivity index (χ0v) is 18.3. The highest BCUT2D eigenvalue weighted by atomic mass is 35.5. The number of nitrogens with zero attached hydrogens (tertiary/aromatic N) is 6. The first kappa shape index (κ1) is 22.1. The Labute approximate surface area is 179 Å². The topological polar surface area (TPSA) is 125 Å². The first-order valence-electron chi connectivity index (χ1n) is 9.15. The fourth-order valence-electron chi connectivity index (χ4n) is 2.74. The minimum Gasteiger partial charge on any atom is -0.383 e. The number of ether oxygens (including phenoxy) is 1. The van der Waals surface area contributed by atoms with Gasteiger partial charge in [0.2, 0.25) is 16.0 Å². The van der Waals surface area contributed by atoms with Crippen LogP contribution in [0, 0.1) is 0 Å². The predicted octanol–water partition coefficient (Wildman–Crippen LogP) is 2.36. The maximum atomic E-state index is 13.0. The molecule has 0 spiro atoms. The lowest BCUT2D eigenvalue weighted by Crippen LogP contribution is -2.31. The number of hydrogen-bond acceptors (Lipinski definition) is 8. The molecule has 0 amide bonds. The Kier molecular flexibility index (Phi) is 6.95. The van der Waals surface area contributed by atoms with E-state index in [4.69, 9.17) is 16.3 Å². The molecule has 0 saturated carbocycles. The van der Waals surface area contributed by atoms with Crippen molar-refractivity contribution in [3.05, 3.63) is 47.8 Å². The Morgan fingerprint density at radius 2 is 1.93 bits per heavy atom. The molecule has 0 aliphatic heterocycles. The lowest BCUT2D eigenvalue weighted by Gasteiger charge is -2.20. The fraction of sp³-hybridized carbons (Fsp3) is 0.389. The van der Waals surface area contributed by atoms with Gasteiger partial charge in [0.1, 0.15) is 5.82 Å². The molecule has 2 atom stereocenters. The third-order valence-electron chi connectivity index (χ3n) is 4.66. The number of anilines is 1. The molecule has 160 valence electrons. The number of methoxy groups -OCH3 is 1. The van der Waals surface area contributed by atoms with Gasteiger partial charge in [-0.1, -0.05) is 18.5 Å². The second-order valence-electron chi connectivity index (χ2n) is 6.63. The molecule has 12 heteroatoms. The largest absolute Gasteiger partial charge is 0.383 e. The first-order valence-corrected chi connectivity index (χ1v) is 11.1. The van der Waals surface area contributed by atoms with Gasteiger partial charge in [-0.15, -0.1) is 10.2 Å². The minimum absolute atomic E-state index is 0.0991. The SMILES string of the molecule is COCCn1c(NS(=O)(=O)[C@H](C)[C@@H](C)c2ncc(Cl)cn2)nnc1-c1cccnc1. The van der Waals surface area contributed by atoms with E-state index >= 15 is 0 Å². The van der Waals surface area contributed by atoms with Gasteiger partial charge >= 0.3 is 0 Å². The van der Waals surface area contributed by atoms with Crippen LogP contribution in [0.15, 0.2) is 36.9 Å². The molecule has 0 saturated heterocycles. The Morgan fingerprint density at radius 3 is 2.57 bits per heavy atom. The smallest absolute Gasteiger partial charge is 0.238 e. The third-order valence-corrected chi connectivity index (χ3v) is 6.71. The van der Waals surface area contributed by atoms with Crippen molar-refractivity contribution in [2.45, 2.75) is 31.6 Å². The summed E-state index contributed by atoms with van der Waals surface area (Å²) in [4.78, 5) is 12.3. The van der Waals surface area contributed by atoms with Crippen molar-refractivity contribution >= 4 is 27.6 Å². The average molecular weight is 452 g/mol. The zero-order chi connectivity index (χ0) is 21.7. The molecule has 0 fully saturated rings. The van der Waals surface area contributed by atoms with Crippen LogP contribution in [-0.2, 0) is 21.3 Å². The second kappa shape index (κ2) is 9.45. The Morgan fingerprint density at radius 1 is 1.20 bits per heavy atom. The third kappa shape index (κ3) is 4.91. The highest BCUT2D eigenvalue weighted by Gasteiger charge is 2.31. The molecule has 0 aliphatic rings. The molecular weight excluding hydrogens is 430 g/mol. The second-order valence-corrected chi connectivity index (χ2v) is 9.11. The van der Waals surface area contributed by atoms with Gasteiger partial charge in [-0.3, -0.25) is 14.3 Å². The van der Waals surface area contributed by atoms with Gasteiger partial charge in [0.05, 0.1) is 23.4 Å². The lowest BCUT2D eigenvalue weighted by molar-refractivity contribution is 0.188. The molecule has 1 N–H and O–H groups in total. The average Bonchev–Trinajstić information content (AvgIpc) is 3.14. The molecule has 3 heterocycles. The Bertz CT molecular complexity index is 1070. The number of hydrogen-bond donors (Lipinski definition) is 1. The maximum absolute atomic E-state index is 13.0. The molecule has 0 aliphatic carbocycles. The molecule has 3 rings (SSSR count). The Balaban J connectivity index is 1.88. The van der Waals surface area contributed by atoms with Crippen LogP contribution in [0.1, 0.15) is 25.6 Å². The summed E-state index contributed by atoms with van der Waals surface area (Å²) in [6.07, 6.45) is 6.16. The van der Waals surface area contributed by atoms with Gasteiger partial charge in [0, 0.05) is 43.4 Å². The Hall–Kier alpha value is -2.63. The van der Waals surface area contributed by atoms with Gasteiger partial charge < -0.3 is 4.74 Å². The van der Waals surface area contributed by atoms with E-state index in [9.17, 15) is 8.42 Å². The van der Waals surface area contributed by atoms with Crippen LogP contribution in [0.3, 0.4) is 0 Å². The lowest BCUT2D eigenvalue weighted by atomic mass is 10.1. The molecule has 10 nitrogen and oxygen atoms in total. The van der Waals surface area contributed by atoms with Crippen LogP contribution >= 0.6 is 11.6 Å². The van der Waals surface area contributed by atoms with Crippen LogP contribution in [0.2, 0.25) is 5.02 Å². The number of sulfonamides is 1. The van der Waals surface area contributed by atoms with Crippen LogP contribution in [-0.4, -0.2) is 57.1 Å². The molecule has 0 aromatic carbocycles. The van der Waals surface area contributed by atoms with E-state index < -0.39 is 21.2 Å². The molecule has 0 unspecified atom stereocenters. The summed E-state index contributed by atoms with van der Waals surface area (Å²) in [7, 11) is -2.27. The summed E-state index contributed by atoms with van der Waals surface area (Å²) in [5, 5.41) is 7.74. The van der Waals surface area contributed by atoms with Crippen molar-refractivity contribution < 1.29 is 13.2 Å². The summed E-state index contributed by atoms with van der Waals surface area (Å²) in [5.41, 5.74) is 0.711. The van der Waals surface area contributed by atoms with Crippen molar-refractivity contribution in [1.82, 2.24) is 29.7 Å². The van der Waals surface area contributed by atoms with Crippen molar-refractivity contribution in [2.75, 3.05) is 18.4 Å². The van der Waals surface area contributed by atoms with E-state index in [2.05, 4.69) is 29.9 Å². The number of rotatable bonds is 9. The molecule has 30 heavy (non-hydrogen) atoms. The number of nitrogens with one attached hydrogen (secondary N) is 1. The van der Waals surface area contributed by atoms with Crippen molar-refractivity contribution in [2.24, 2.45) is 0 Å². The summed E-state index contributed by atoms with van der Waals surface area (Å²) < 4.78 is 35.4. The first-order chi connectivity index (χ1) is 14.3. The van der Waals surface area contributed by atoms with Crippen LogP contribution in [0.25, 0.3) is 11.4 Å². The zero-order valence-electron chi connectivity index (χ0n) is 16.7. The van der Waals surface area contributed by atoms with Gasteiger partial charge in [0.15, 0.2) is 5.82 Å². The summed E-state index contributed by atoms with van der Waals surface area (Å²) in [5.74, 6) is 0.489. The monoisotopic (exact) mass is 451 g/mol. The molecule has 3 aromatic heterocycles. The minimum atomic E-state index is -3.83. The van der Waals surface area contributed by atoms with E-state index in [1.165, 1.54) is 12.4 Å². The van der Waals surface area contributed by atoms with Crippen molar-refractivity contribution in [1.29, 1.82) is 0 Å². The number of pyridine rings is 1. The highest BCUT2D eigenvalue weighted by molar-refractivity contribution is 7.93. The van der Waals surface area contributed by atoms with Crippen molar-refractivity contribution in [3.8, 4) is 11.4 Å². The quantitative estimate of drug-likeness (QED) is 0.525. The van der Waals surface area contributed by atoms with Crippen LogP contribution in [0.4, 0.5) is 5.95 Å². The van der Waals surface area contributed by atoms with E-state index in [0.717, 1.165) is 0 Å². The maximum Gasteiger partial charge on any atom is 0.238 e. The van der Waals surface area contributed by atoms with Gasteiger partial charge in [-0.2, -0.15) is 0 Å². The highest BCUT2D eigenvalue weighted by Crippen LogP contribution is 2.25. The van der Waals surface area contributed by atoms with E-state index in [-0.39, 0.29) is 5.95 Å².